The summed E-state index contributed by atoms with van der Waals surface area (Å²) >= 11 is 0. The number of fused-ring (bicyclic) bond motifs is 1. The number of rotatable bonds is 10. The minimum absolute atomic E-state index is 0.0779. The molecule has 0 saturated heterocycles. The van der Waals surface area contributed by atoms with Crippen molar-refractivity contribution in [2.24, 2.45) is 0 Å². The SMILES string of the molecule is CCOc1cccc2c(C(C)(C)CCOC(C)(C)CCN3C(=O)C=CC3O)cccc12. The van der Waals surface area contributed by atoms with E-state index in [1.54, 1.807) is 0 Å². The third-order valence-electron chi connectivity index (χ3n) is 6.10. The van der Waals surface area contributed by atoms with Crippen molar-refractivity contribution in [1.82, 2.24) is 4.90 Å². The molecule has 1 aliphatic rings. The Bertz CT molecular complexity index is 948. The number of hydrogen-bond acceptors (Lipinski definition) is 4. The van der Waals surface area contributed by atoms with Crippen molar-refractivity contribution >= 4 is 16.7 Å². The number of nitrogens with zero attached hydrogens (tertiary/aromatic N) is 1. The number of hydrogen-bond donors (Lipinski definition) is 1. The van der Waals surface area contributed by atoms with Crippen molar-refractivity contribution in [2.75, 3.05) is 19.8 Å². The van der Waals surface area contributed by atoms with E-state index in [1.807, 2.05) is 26.8 Å². The van der Waals surface area contributed by atoms with Gasteiger partial charge >= 0.3 is 0 Å². The molecule has 0 fully saturated rings. The van der Waals surface area contributed by atoms with Crippen molar-refractivity contribution in [3.63, 3.8) is 0 Å². The second kappa shape index (κ2) is 9.41. The summed E-state index contributed by atoms with van der Waals surface area (Å²) in [6.45, 7) is 12.3. The van der Waals surface area contributed by atoms with Crippen LogP contribution >= 0.6 is 0 Å². The first-order valence-corrected chi connectivity index (χ1v) is 11.1. The molecule has 2 aromatic carbocycles. The average molecular weight is 426 g/mol. The zero-order valence-corrected chi connectivity index (χ0v) is 19.4. The Labute approximate surface area is 185 Å². The second-order valence-electron chi connectivity index (χ2n) is 9.39. The highest BCUT2D eigenvalue weighted by atomic mass is 16.5. The molecule has 0 radical (unpaired) electrons. The quantitative estimate of drug-likeness (QED) is 0.594. The van der Waals surface area contributed by atoms with Gasteiger partial charge in [0, 0.05) is 24.6 Å². The summed E-state index contributed by atoms with van der Waals surface area (Å²) < 4.78 is 12.0. The predicted molar refractivity (Wildman–Crippen MR) is 124 cm³/mol. The number of carbonyl (C=O) groups is 1. The van der Waals surface area contributed by atoms with E-state index >= 15 is 0 Å². The monoisotopic (exact) mass is 425 g/mol. The van der Waals surface area contributed by atoms with E-state index in [2.05, 4.69) is 44.2 Å². The van der Waals surface area contributed by atoms with E-state index in [0.29, 0.717) is 26.2 Å². The van der Waals surface area contributed by atoms with Crippen LogP contribution in [0.25, 0.3) is 10.8 Å². The van der Waals surface area contributed by atoms with Crippen molar-refractivity contribution in [1.29, 1.82) is 0 Å². The van der Waals surface area contributed by atoms with Crippen molar-refractivity contribution < 1.29 is 19.4 Å². The van der Waals surface area contributed by atoms with Crippen LogP contribution in [0.2, 0.25) is 0 Å². The highest BCUT2D eigenvalue weighted by Gasteiger charge is 2.29. The summed E-state index contributed by atoms with van der Waals surface area (Å²) in [5.74, 6) is 0.773. The molecule has 1 unspecified atom stereocenters. The smallest absolute Gasteiger partial charge is 0.248 e. The minimum Gasteiger partial charge on any atom is -0.493 e. The molecule has 0 saturated carbocycles. The molecule has 1 amide bonds. The summed E-state index contributed by atoms with van der Waals surface area (Å²) in [5.41, 5.74) is 0.815. The Kier molecular flexibility index (Phi) is 7.07. The number of aliphatic hydroxyl groups is 1. The second-order valence-corrected chi connectivity index (χ2v) is 9.39. The van der Waals surface area contributed by atoms with Crippen LogP contribution in [0.3, 0.4) is 0 Å². The van der Waals surface area contributed by atoms with E-state index in [9.17, 15) is 9.90 Å². The van der Waals surface area contributed by atoms with Crippen LogP contribution in [0.1, 0.15) is 53.0 Å². The van der Waals surface area contributed by atoms with Crippen LogP contribution in [0.4, 0.5) is 0 Å². The van der Waals surface area contributed by atoms with Gasteiger partial charge in [-0.25, -0.2) is 0 Å². The van der Waals surface area contributed by atoms with E-state index in [0.717, 1.165) is 17.6 Å². The maximum atomic E-state index is 11.8. The van der Waals surface area contributed by atoms with Gasteiger partial charge in [-0.15, -0.1) is 0 Å². The first-order valence-electron chi connectivity index (χ1n) is 11.1. The highest BCUT2D eigenvalue weighted by Crippen LogP contribution is 2.36. The Morgan fingerprint density at radius 1 is 1.03 bits per heavy atom. The first kappa shape index (κ1) is 23.3. The fourth-order valence-electron chi connectivity index (χ4n) is 4.07. The van der Waals surface area contributed by atoms with Gasteiger partial charge in [0.15, 0.2) is 0 Å². The average Bonchev–Trinajstić information content (AvgIpc) is 3.03. The fraction of sp³-hybridized carbons (Fsp3) is 0.500. The molecular weight excluding hydrogens is 390 g/mol. The normalized spacial score (nSPS) is 17.0. The predicted octanol–water partition coefficient (Wildman–Crippen LogP) is 4.81. The van der Waals surface area contributed by atoms with Gasteiger partial charge in [-0.1, -0.05) is 44.2 Å². The third-order valence-corrected chi connectivity index (χ3v) is 6.10. The van der Waals surface area contributed by atoms with Gasteiger partial charge in [-0.05, 0) is 62.1 Å². The first-order chi connectivity index (χ1) is 14.6. The minimum atomic E-state index is -0.824. The summed E-state index contributed by atoms with van der Waals surface area (Å²) in [7, 11) is 0. The third kappa shape index (κ3) is 5.46. The van der Waals surface area contributed by atoms with Crippen LogP contribution in [0, 0.1) is 0 Å². The number of aliphatic hydroxyl groups excluding tert-OH is 1. The largest absolute Gasteiger partial charge is 0.493 e. The topological polar surface area (TPSA) is 59.0 Å². The summed E-state index contributed by atoms with van der Waals surface area (Å²) in [6, 6.07) is 12.6. The maximum Gasteiger partial charge on any atom is 0.248 e. The molecule has 31 heavy (non-hydrogen) atoms. The summed E-state index contributed by atoms with van der Waals surface area (Å²) in [5, 5.41) is 12.2. The molecular formula is C26H35NO4. The lowest BCUT2D eigenvalue weighted by atomic mass is 9.79. The van der Waals surface area contributed by atoms with Crippen LogP contribution in [0.15, 0.2) is 48.6 Å². The van der Waals surface area contributed by atoms with Gasteiger partial charge in [-0.2, -0.15) is 0 Å². The van der Waals surface area contributed by atoms with Gasteiger partial charge in [0.05, 0.1) is 12.2 Å². The van der Waals surface area contributed by atoms with E-state index < -0.39 is 6.23 Å². The Balaban J connectivity index is 1.63. The number of carbonyl (C=O) groups excluding carboxylic acids is 1. The number of benzene rings is 2. The lowest BCUT2D eigenvalue weighted by Crippen LogP contribution is -2.39. The summed E-state index contributed by atoms with van der Waals surface area (Å²) in [6.07, 6.45) is 3.63. The molecule has 0 bridgehead atoms. The van der Waals surface area contributed by atoms with E-state index in [-0.39, 0.29) is 16.9 Å². The van der Waals surface area contributed by atoms with Crippen LogP contribution in [-0.4, -0.2) is 47.5 Å². The van der Waals surface area contributed by atoms with Gasteiger partial charge in [0.25, 0.3) is 0 Å². The zero-order valence-electron chi connectivity index (χ0n) is 19.4. The van der Waals surface area contributed by atoms with E-state index in [4.69, 9.17) is 9.47 Å². The summed E-state index contributed by atoms with van der Waals surface area (Å²) in [4.78, 5) is 13.3. The molecule has 5 nitrogen and oxygen atoms in total. The van der Waals surface area contributed by atoms with Crippen molar-refractivity contribution in [3.05, 3.63) is 54.1 Å². The lowest BCUT2D eigenvalue weighted by Gasteiger charge is -2.32. The van der Waals surface area contributed by atoms with Crippen LogP contribution in [-0.2, 0) is 14.9 Å². The molecule has 3 rings (SSSR count). The molecule has 1 heterocycles. The molecule has 5 heteroatoms. The number of amides is 1. The Morgan fingerprint density at radius 3 is 2.42 bits per heavy atom. The van der Waals surface area contributed by atoms with Gasteiger partial charge < -0.3 is 19.5 Å². The molecule has 2 aromatic rings. The molecule has 168 valence electrons. The molecule has 0 spiro atoms. The number of ether oxygens (including phenoxy) is 2. The molecule has 1 aliphatic heterocycles. The van der Waals surface area contributed by atoms with Crippen LogP contribution in [0.5, 0.6) is 5.75 Å². The fourth-order valence-corrected chi connectivity index (χ4v) is 4.07. The van der Waals surface area contributed by atoms with E-state index in [1.165, 1.54) is 28.0 Å². The molecule has 1 atom stereocenters. The van der Waals surface area contributed by atoms with Crippen molar-refractivity contribution in [2.45, 2.75) is 64.7 Å². The lowest BCUT2D eigenvalue weighted by molar-refractivity contribution is -0.132. The molecule has 1 N–H and O–H groups in total. The molecule has 0 aliphatic carbocycles. The maximum absolute atomic E-state index is 11.8. The van der Waals surface area contributed by atoms with Gasteiger partial charge in [0.1, 0.15) is 12.0 Å². The van der Waals surface area contributed by atoms with Crippen LogP contribution < -0.4 is 4.74 Å². The Hall–Kier alpha value is -2.37. The van der Waals surface area contributed by atoms with Gasteiger partial charge in [-0.3, -0.25) is 4.79 Å². The van der Waals surface area contributed by atoms with Crippen molar-refractivity contribution in [3.8, 4) is 5.75 Å². The molecule has 0 aromatic heterocycles. The van der Waals surface area contributed by atoms with Gasteiger partial charge in [0.2, 0.25) is 5.91 Å². The standard InChI is InChI=1S/C26H35NO4/c1-6-30-22-12-8-9-19-20(22)10-7-11-21(19)25(2,3)16-18-31-26(4,5)15-17-27-23(28)13-14-24(27)29/h7-14,23,28H,6,15-18H2,1-5H3. The zero-order chi connectivity index (χ0) is 22.6. The highest BCUT2D eigenvalue weighted by molar-refractivity contribution is 5.91. The Morgan fingerprint density at radius 2 is 1.74 bits per heavy atom.